The van der Waals surface area contributed by atoms with Crippen LogP contribution in [0.4, 0.5) is 11.5 Å². The Labute approximate surface area is 148 Å². The van der Waals surface area contributed by atoms with Crippen LogP contribution in [0.15, 0.2) is 12.3 Å². The molecule has 0 bridgehead atoms. The van der Waals surface area contributed by atoms with Crippen LogP contribution in [0.1, 0.15) is 61.7 Å². The number of primary amides is 1. The maximum Gasteiger partial charge on any atom is 0.252 e. The first-order valence-corrected chi connectivity index (χ1v) is 9.20. The molecule has 2 fully saturated rings. The van der Waals surface area contributed by atoms with Gasteiger partial charge in [-0.3, -0.25) is 4.79 Å². The lowest BCUT2D eigenvalue weighted by Gasteiger charge is -2.29. The summed E-state index contributed by atoms with van der Waals surface area (Å²) < 4.78 is 0. The van der Waals surface area contributed by atoms with Crippen molar-refractivity contribution in [3.8, 4) is 0 Å². The van der Waals surface area contributed by atoms with Gasteiger partial charge in [-0.1, -0.05) is 0 Å². The fourth-order valence-corrected chi connectivity index (χ4v) is 3.87. The molecule has 0 aliphatic heterocycles. The van der Waals surface area contributed by atoms with Crippen molar-refractivity contribution in [3.63, 3.8) is 0 Å². The molecular formula is C18H28N4O3. The zero-order valence-electron chi connectivity index (χ0n) is 14.4. The number of carbonyl (C=O) groups is 1. The van der Waals surface area contributed by atoms with Gasteiger partial charge in [-0.25, -0.2) is 4.98 Å². The number of hydrogen-bond donors (Lipinski definition) is 5. The molecule has 1 amide bonds. The topological polar surface area (TPSA) is 121 Å². The molecule has 2 saturated carbocycles. The maximum absolute atomic E-state index is 11.7. The molecule has 3 rings (SSSR count). The summed E-state index contributed by atoms with van der Waals surface area (Å²) in [5.41, 5.74) is 6.49. The van der Waals surface area contributed by atoms with Crippen molar-refractivity contribution in [2.75, 3.05) is 10.6 Å². The minimum Gasteiger partial charge on any atom is -0.393 e. The SMILES string of the molecule is NC(=O)c1cnc(NC2CCCC(O)C2)cc1NC1CCCC(O)C1. The Hall–Kier alpha value is -1.86. The van der Waals surface area contributed by atoms with Crippen LogP contribution in [-0.2, 0) is 0 Å². The summed E-state index contributed by atoms with van der Waals surface area (Å²) in [4.78, 5) is 16.0. The van der Waals surface area contributed by atoms with Gasteiger partial charge in [0, 0.05) is 24.3 Å². The van der Waals surface area contributed by atoms with Crippen LogP contribution in [0.2, 0.25) is 0 Å². The van der Waals surface area contributed by atoms with Gasteiger partial charge in [0.1, 0.15) is 5.82 Å². The van der Waals surface area contributed by atoms with E-state index in [0.29, 0.717) is 29.9 Å². The normalized spacial score (nSPS) is 29.8. The third-order valence-corrected chi connectivity index (χ3v) is 5.17. The van der Waals surface area contributed by atoms with E-state index in [1.54, 1.807) is 0 Å². The Balaban J connectivity index is 1.73. The van der Waals surface area contributed by atoms with Crippen molar-refractivity contribution < 1.29 is 15.0 Å². The summed E-state index contributed by atoms with van der Waals surface area (Å²) in [6.07, 6.45) is 7.87. The molecule has 25 heavy (non-hydrogen) atoms. The van der Waals surface area contributed by atoms with Gasteiger partial charge >= 0.3 is 0 Å². The first kappa shape index (κ1) is 17.9. The number of amides is 1. The van der Waals surface area contributed by atoms with Gasteiger partial charge < -0.3 is 26.6 Å². The molecule has 6 N–H and O–H groups in total. The Bertz CT molecular complexity index is 610. The number of aromatic nitrogens is 1. The molecule has 0 saturated heterocycles. The minimum absolute atomic E-state index is 0.119. The van der Waals surface area contributed by atoms with E-state index in [1.807, 2.05) is 6.07 Å². The number of pyridine rings is 1. The van der Waals surface area contributed by atoms with E-state index in [2.05, 4.69) is 15.6 Å². The highest BCUT2D eigenvalue weighted by Crippen LogP contribution is 2.27. The number of aliphatic hydroxyl groups is 2. The second-order valence-corrected chi connectivity index (χ2v) is 7.30. The zero-order valence-corrected chi connectivity index (χ0v) is 14.4. The number of nitrogens with two attached hydrogens (primary N) is 1. The van der Waals surface area contributed by atoms with E-state index in [1.165, 1.54) is 6.20 Å². The molecule has 1 aromatic heterocycles. The smallest absolute Gasteiger partial charge is 0.252 e. The first-order chi connectivity index (χ1) is 12.0. The number of nitrogens with one attached hydrogen (secondary N) is 2. The third kappa shape index (κ3) is 4.83. The average molecular weight is 348 g/mol. The van der Waals surface area contributed by atoms with Gasteiger partial charge in [-0.15, -0.1) is 0 Å². The molecule has 4 unspecified atom stereocenters. The highest BCUT2D eigenvalue weighted by Gasteiger charge is 2.23. The molecule has 7 heteroatoms. The van der Waals surface area contributed by atoms with E-state index in [0.717, 1.165) is 38.5 Å². The monoisotopic (exact) mass is 348 g/mol. The van der Waals surface area contributed by atoms with Crippen molar-refractivity contribution in [1.29, 1.82) is 0 Å². The number of rotatable bonds is 5. The van der Waals surface area contributed by atoms with E-state index in [4.69, 9.17) is 5.73 Å². The van der Waals surface area contributed by atoms with Crippen LogP contribution in [0.25, 0.3) is 0 Å². The quantitative estimate of drug-likeness (QED) is 0.551. The number of carbonyl (C=O) groups excluding carboxylic acids is 1. The molecule has 0 aromatic carbocycles. The first-order valence-electron chi connectivity index (χ1n) is 9.20. The van der Waals surface area contributed by atoms with Gasteiger partial charge in [0.2, 0.25) is 0 Å². The summed E-state index contributed by atoms with van der Waals surface area (Å²) >= 11 is 0. The lowest BCUT2D eigenvalue weighted by atomic mass is 9.92. The number of aliphatic hydroxyl groups excluding tert-OH is 2. The Morgan fingerprint density at radius 1 is 1.04 bits per heavy atom. The molecule has 0 spiro atoms. The highest BCUT2D eigenvalue weighted by molar-refractivity contribution is 5.98. The van der Waals surface area contributed by atoms with Crippen LogP contribution in [0.3, 0.4) is 0 Å². The lowest BCUT2D eigenvalue weighted by molar-refractivity contribution is 0.100. The molecule has 2 aliphatic rings. The van der Waals surface area contributed by atoms with Crippen molar-refractivity contribution in [1.82, 2.24) is 4.98 Å². The summed E-state index contributed by atoms with van der Waals surface area (Å²) in [7, 11) is 0. The third-order valence-electron chi connectivity index (χ3n) is 5.17. The molecule has 138 valence electrons. The minimum atomic E-state index is -0.522. The average Bonchev–Trinajstić information content (AvgIpc) is 2.55. The Morgan fingerprint density at radius 3 is 2.20 bits per heavy atom. The molecule has 1 heterocycles. The van der Waals surface area contributed by atoms with Gasteiger partial charge in [0.05, 0.1) is 23.5 Å². The molecular weight excluding hydrogens is 320 g/mol. The van der Waals surface area contributed by atoms with Gasteiger partial charge in [0.25, 0.3) is 5.91 Å². The van der Waals surface area contributed by atoms with E-state index in [9.17, 15) is 15.0 Å². The molecule has 4 atom stereocenters. The molecule has 0 radical (unpaired) electrons. The summed E-state index contributed by atoms with van der Waals surface area (Å²) in [6.45, 7) is 0. The summed E-state index contributed by atoms with van der Waals surface area (Å²) in [5.74, 6) is 0.147. The highest BCUT2D eigenvalue weighted by atomic mass is 16.3. The van der Waals surface area contributed by atoms with E-state index in [-0.39, 0.29) is 24.3 Å². The fourth-order valence-electron chi connectivity index (χ4n) is 3.87. The van der Waals surface area contributed by atoms with E-state index < -0.39 is 5.91 Å². The van der Waals surface area contributed by atoms with Crippen LogP contribution in [-0.4, -0.2) is 45.4 Å². The molecule has 2 aliphatic carbocycles. The number of nitrogens with zero attached hydrogens (tertiary/aromatic N) is 1. The zero-order chi connectivity index (χ0) is 17.8. The second-order valence-electron chi connectivity index (χ2n) is 7.30. The van der Waals surface area contributed by atoms with Crippen LogP contribution >= 0.6 is 0 Å². The lowest BCUT2D eigenvalue weighted by Crippen LogP contribution is -2.32. The van der Waals surface area contributed by atoms with Crippen molar-refractivity contribution in [3.05, 3.63) is 17.8 Å². The van der Waals surface area contributed by atoms with Gasteiger partial charge in [0.15, 0.2) is 0 Å². The number of anilines is 2. The maximum atomic E-state index is 11.7. The van der Waals surface area contributed by atoms with Crippen molar-refractivity contribution in [2.24, 2.45) is 5.73 Å². The predicted molar refractivity (Wildman–Crippen MR) is 96.5 cm³/mol. The van der Waals surface area contributed by atoms with E-state index >= 15 is 0 Å². The predicted octanol–water partition coefficient (Wildman–Crippen LogP) is 1.61. The van der Waals surface area contributed by atoms with Crippen molar-refractivity contribution >= 4 is 17.4 Å². The Kier molecular flexibility index (Phi) is 5.75. The Morgan fingerprint density at radius 2 is 1.64 bits per heavy atom. The van der Waals surface area contributed by atoms with Crippen molar-refractivity contribution in [2.45, 2.75) is 75.7 Å². The van der Waals surface area contributed by atoms with Crippen LogP contribution in [0.5, 0.6) is 0 Å². The van der Waals surface area contributed by atoms with Gasteiger partial charge in [-0.05, 0) is 51.4 Å². The van der Waals surface area contributed by atoms with Crippen LogP contribution in [0, 0.1) is 0 Å². The fraction of sp³-hybridized carbons (Fsp3) is 0.667. The van der Waals surface area contributed by atoms with Crippen LogP contribution < -0.4 is 16.4 Å². The summed E-state index contributed by atoms with van der Waals surface area (Å²) in [5, 5.41) is 26.4. The summed E-state index contributed by atoms with van der Waals surface area (Å²) in [6, 6.07) is 2.11. The molecule has 7 nitrogen and oxygen atoms in total. The standard InChI is InChI=1S/C18H28N4O3/c19-18(25)15-10-20-17(22-12-4-2-6-14(24)8-12)9-16(15)21-11-3-1-5-13(23)7-11/h9-14,23-24H,1-8H2,(H2,19,25)(H2,20,21,22). The number of hydrogen-bond acceptors (Lipinski definition) is 6. The second kappa shape index (κ2) is 8.01. The van der Waals surface area contributed by atoms with Gasteiger partial charge in [-0.2, -0.15) is 0 Å². The largest absolute Gasteiger partial charge is 0.393 e. The molecule has 1 aromatic rings.